The van der Waals surface area contributed by atoms with Gasteiger partial charge < -0.3 is 29.0 Å². The highest BCUT2D eigenvalue weighted by atomic mass is 16.7. The molecule has 6 rings (SSSR count). The Balaban J connectivity index is 1.65. The Hall–Kier alpha value is -3.69. The summed E-state index contributed by atoms with van der Waals surface area (Å²) < 4.78 is 17.5. The van der Waals surface area contributed by atoms with E-state index in [9.17, 15) is 19.8 Å². The summed E-state index contributed by atoms with van der Waals surface area (Å²) in [6.07, 6.45) is 1.91. The first-order chi connectivity index (χ1) is 15.1. The normalized spacial score (nSPS) is 18.3. The SMILES string of the molecule is O=C1OCc2c(cc3n(c2=O)Cc2c-3nc3cc4c(cc3c2/C=C/CO)OCO4)C1O. The lowest BCUT2D eigenvalue weighted by Gasteiger charge is -2.21. The molecule has 0 radical (unpaired) electrons. The Labute approximate surface area is 174 Å². The molecule has 0 bridgehead atoms. The molecule has 3 aromatic rings. The summed E-state index contributed by atoms with van der Waals surface area (Å²) in [4.78, 5) is 29.7. The van der Waals surface area contributed by atoms with Gasteiger partial charge in [-0.3, -0.25) is 4.79 Å². The summed E-state index contributed by atoms with van der Waals surface area (Å²) >= 11 is 0. The number of cyclic esters (lactones) is 1. The number of aromatic nitrogens is 2. The molecule has 3 aliphatic rings. The van der Waals surface area contributed by atoms with Crippen molar-refractivity contribution < 1.29 is 29.2 Å². The van der Waals surface area contributed by atoms with Crippen LogP contribution in [0.5, 0.6) is 11.5 Å². The van der Waals surface area contributed by atoms with Gasteiger partial charge in [0.05, 0.1) is 35.6 Å². The van der Waals surface area contributed by atoms with Crippen LogP contribution in [-0.2, 0) is 22.7 Å². The van der Waals surface area contributed by atoms with E-state index in [2.05, 4.69) is 0 Å². The van der Waals surface area contributed by atoms with Crippen LogP contribution in [0.2, 0.25) is 0 Å². The van der Waals surface area contributed by atoms with E-state index >= 15 is 0 Å². The second-order valence-electron chi connectivity index (χ2n) is 7.53. The van der Waals surface area contributed by atoms with Crippen molar-refractivity contribution in [1.29, 1.82) is 0 Å². The van der Waals surface area contributed by atoms with Gasteiger partial charge in [-0.15, -0.1) is 0 Å². The van der Waals surface area contributed by atoms with Crippen LogP contribution >= 0.6 is 0 Å². The fraction of sp³-hybridized carbons (Fsp3) is 0.227. The number of aliphatic hydroxyl groups excluding tert-OH is 2. The highest BCUT2D eigenvalue weighted by Gasteiger charge is 2.34. The zero-order valence-corrected chi connectivity index (χ0v) is 16.1. The molecule has 0 saturated heterocycles. The van der Waals surface area contributed by atoms with Gasteiger partial charge in [0.1, 0.15) is 6.61 Å². The molecule has 0 aliphatic carbocycles. The summed E-state index contributed by atoms with van der Waals surface area (Å²) in [6, 6.07) is 5.26. The number of benzene rings is 1. The molecule has 3 aliphatic heterocycles. The summed E-state index contributed by atoms with van der Waals surface area (Å²) in [7, 11) is 0. The van der Waals surface area contributed by atoms with Crippen LogP contribution in [0.3, 0.4) is 0 Å². The highest BCUT2D eigenvalue weighted by molar-refractivity contribution is 5.95. The van der Waals surface area contributed by atoms with E-state index in [-0.39, 0.29) is 43.2 Å². The maximum atomic E-state index is 13.1. The van der Waals surface area contributed by atoms with Crippen molar-refractivity contribution in [3.05, 3.63) is 56.9 Å². The van der Waals surface area contributed by atoms with E-state index in [1.54, 1.807) is 28.9 Å². The third-order valence-electron chi connectivity index (χ3n) is 5.88. The van der Waals surface area contributed by atoms with Crippen molar-refractivity contribution in [2.45, 2.75) is 19.3 Å². The summed E-state index contributed by atoms with van der Waals surface area (Å²) in [6.45, 7) is 0.0829. The number of pyridine rings is 2. The molecule has 2 N–H and O–H groups in total. The van der Waals surface area contributed by atoms with Crippen molar-refractivity contribution in [3.8, 4) is 22.9 Å². The molecule has 156 valence electrons. The van der Waals surface area contributed by atoms with E-state index in [1.807, 2.05) is 6.07 Å². The lowest BCUT2D eigenvalue weighted by molar-refractivity contribution is -0.157. The molecule has 9 heteroatoms. The number of rotatable bonds is 2. The van der Waals surface area contributed by atoms with Crippen LogP contribution in [0.15, 0.2) is 29.1 Å². The van der Waals surface area contributed by atoms with Gasteiger partial charge in [-0.1, -0.05) is 12.2 Å². The van der Waals surface area contributed by atoms with Crippen molar-refractivity contribution in [2.75, 3.05) is 13.4 Å². The second-order valence-corrected chi connectivity index (χ2v) is 7.53. The van der Waals surface area contributed by atoms with Gasteiger partial charge in [-0.05, 0) is 17.7 Å². The van der Waals surface area contributed by atoms with Crippen molar-refractivity contribution >= 4 is 22.9 Å². The lowest BCUT2D eigenvalue weighted by Crippen LogP contribution is -2.32. The average molecular weight is 420 g/mol. The quantitative estimate of drug-likeness (QED) is 0.465. The topological polar surface area (TPSA) is 120 Å². The molecular formula is C22H16N2O7. The van der Waals surface area contributed by atoms with Gasteiger partial charge in [-0.2, -0.15) is 0 Å². The second kappa shape index (κ2) is 6.40. The molecule has 5 heterocycles. The molecule has 1 unspecified atom stereocenters. The van der Waals surface area contributed by atoms with E-state index in [1.165, 1.54) is 0 Å². The number of esters is 1. The summed E-state index contributed by atoms with van der Waals surface area (Å²) in [5.74, 6) is 0.409. The highest BCUT2D eigenvalue weighted by Crippen LogP contribution is 2.42. The van der Waals surface area contributed by atoms with Gasteiger partial charge in [0.15, 0.2) is 17.6 Å². The number of carbonyl (C=O) groups excluding carboxylic acids is 1. The Bertz CT molecular complexity index is 1390. The molecule has 0 spiro atoms. The predicted molar refractivity (Wildman–Crippen MR) is 108 cm³/mol. The number of carbonyl (C=O) groups is 1. The minimum atomic E-state index is -1.51. The van der Waals surface area contributed by atoms with Crippen LogP contribution in [0.4, 0.5) is 0 Å². The minimum Gasteiger partial charge on any atom is -0.458 e. The fourth-order valence-electron chi connectivity index (χ4n) is 4.41. The molecule has 0 amide bonds. The molecule has 2 aromatic heterocycles. The standard InChI is InChI=1S/C22H16N2O7/c25-3-1-2-10-11-5-17-18(31-9-30-17)6-15(11)23-19-13(10)7-24-16(19)4-12-14(21(24)27)8-29-22(28)20(12)26/h1-2,4-6,20,25-26H,3,7-9H2/b2-1+. The Morgan fingerprint density at radius 3 is 2.74 bits per heavy atom. The van der Waals surface area contributed by atoms with Crippen molar-refractivity contribution in [3.63, 3.8) is 0 Å². The number of nitrogens with zero attached hydrogens (tertiary/aromatic N) is 2. The van der Waals surface area contributed by atoms with Crippen molar-refractivity contribution in [1.82, 2.24) is 9.55 Å². The van der Waals surface area contributed by atoms with E-state index < -0.39 is 12.1 Å². The zero-order valence-electron chi connectivity index (χ0n) is 16.1. The summed E-state index contributed by atoms with van der Waals surface area (Å²) in [5.41, 5.74) is 3.53. The maximum absolute atomic E-state index is 13.1. The van der Waals surface area contributed by atoms with Gasteiger partial charge in [0, 0.05) is 22.6 Å². The molecule has 1 atom stereocenters. The number of aliphatic hydroxyl groups is 2. The Kier molecular flexibility index (Phi) is 3.74. The van der Waals surface area contributed by atoms with E-state index in [0.29, 0.717) is 28.4 Å². The minimum absolute atomic E-state index is 0.130. The van der Waals surface area contributed by atoms with E-state index in [0.717, 1.165) is 16.5 Å². The van der Waals surface area contributed by atoms with Crippen molar-refractivity contribution in [2.24, 2.45) is 0 Å². The molecule has 1 aromatic carbocycles. The molecule has 9 nitrogen and oxygen atoms in total. The third-order valence-corrected chi connectivity index (χ3v) is 5.88. The average Bonchev–Trinajstić information content (AvgIpc) is 3.37. The van der Waals surface area contributed by atoms with Crippen LogP contribution in [0.1, 0.15) is 28.4 Å². The first-order valence-electron chi connectivity index (χ1n) is 9.72. The van der Waals surface area contributed by atoms with Crippen LogP contribution in [0.25, 0.3) is 28.4 Å². The number of hydrogen-bond acceptors (Lipinski definition) is 8. The lowest BCUT2D eigenvalue weighted by atomic mass is 9.98. The number of hydrogen-bond donors (Lipinski definition) is 2. The van der Waals surface area contributed by atoms with Gasteiger partial charge in [-0.25, -0.2) is 9.78 Å². The van der Waals surface area contributed by atoms with Gasteiger partial charge >= 0.3 is 5.97 Å². The molecule has 0 fully saturated rings. The number of ether oxygens (including phenoxy) is 3. The van der Waals surface area contributed by atoms with Crippen LogP contribution < -0.4 is 15.0 Å². The maximum Gasteiger partial charge on any atom is 0.340 e. The predicted octanol–water partition coefficient (Wildman–Crippen LogP) is 1.25. The smallest absolute Gasteiger partial charge is 0.340 e. The molecular weight excluding hydrogens is 404 g/mol. The molecule has 0 saturated carbocycles. The number of fused-ring (bicyclic) bond motifs is 6. The van der Waals surface area contributed by atoms with Gasteiger partial charge in [0.25, 0.3) is 5.56 Å². The first kappa shape index (κ1) is 18.1. The Morgan fingerprint density at radius 1 is 1.13 bits per heavy atom. The third kappa shape index (κ3) is 2.47. The van der Waals surface area contributed by atoms with Gasteiger partial charge in [0.2, 0.25) is 6.79 Å². The summed E-state index contributed by atoms with van der Waals surface area (Å²) in [5, 5.41) is 20.4. The molecule has 31 heavy (non-hydrogen) atoms. The monoisotopic (exact) mass is 420 g/mol. The van der Waals surface area contributed by atoms with E-state index in [4.69, 9.17) is 19.2 Å². The largest absolute Gasteiger partial charge is 0.458 e. The zero-order chi connectivity index (χ0) is 21.3. The Morgan fingerprint density at radius 2 is 1.94 bits per heavy atom. The first-order valence-corrected chi connectivity index (χ1v) is 9.72. The van der Waals surface area contributed by atoms with Crippen LogP contribution in [-0.4, -0.2) is 39.1 Å². The van der Waals surface area contributed by atoms with Crippen LogP contribution in [0, 0.1) is 0 Å². The fourth-order valence-corrected chi connectivity index (χ4v) is 4.41.